The van der Waals surface area contributed by atoms with E-state index < -0.39 is 10.2 Å². The summed E-state index contributed by atoms with van der Waals surface area (Å²) in [6, 6.07) is 12.0. The molecule has 0 fully saturated rings. The van der Waals surface area contributed by atoms with E-state index >= 15 is 0 Å². The second-order valence-electron chi connectivity index (χ2n) is 1.53. The molecule has 1 aromatic rings. The Balaban J connectivity index is -0.0000000431. The van der Waals surface area contributed by atoms with Gasteiger partial charge in [-0.2, -0.15) is 0 Å². The van der Waals surface area contributed by atoms with E-state index in [1.165, 1.54) is 0 Å². The second-order valence-corrected chi connectivity index (χ2v) is 2.29. The van der Waals surface area contributed by atoms with Crippen LogP contribution in [0.5, 0.6) is 0 Å². The summed E-state index contributed by atoms with van der Waals surface area (Å²) in [5, 5.41) is 0. The Bertz CT molecular complexity index is 233. The molecular formula is C9H6ClMnO7-. The Labute approximate surface area is 116 Å². The molecule has 7 nitrogen and oxygen atoms in total. The van der Waals surface area contributed by atoms with Crippen LogP contribution in [0.4, 0.5) is 0 Å². The molecule has 0 heterocycles. The summed E-state index contributed by atoms with van der Waals surface area (Å²) in [6.07, 6.45) is 0. The van der Waals surface area contributed by atoms with Gasteiger partial charge in [0.1, 0.15) is 0 Å². The Morgan fingerprint density at radius 1 is 0.556 bits per heavy atom. The molecule has 0 aliphatic heterocycles. The normalized spacial score (nSPS) is 6.33. The standard InChI is InChI=1S/C6H6.3CO.ClHO4.Mn/c1-2-4-6-5-3-1;3*1-2;2-1(3,4)5;/h1-6H;;;;(H,2,3,4,5);/p-1. The maximum Gasteiger partial charge on any atom is 0 e. The molecule has 0 aliphatic carbocycles. The summed E-state index contributed by atoms with van der Waals surface area (Å²) in [6.45, 7) is 13.5. The van der Waals surface area contributed by atoms with Gasteiger partial charge in [-0.3, -0.25) is 0 Å². The first-order valence-corrected chi connectivity index (χ1v) is 4.46. The molecule has 9 heteroatoms. The fourth-order valence-electron chi connectivity index (χ4n) is 0.385. The zero-order valence-electron chi connectivity index (χ0n) is 8.58. The van der Waals surface area contributed by atoms with Crippen LogP contribution < -0.4 is 18.6 Å². The quantitative estimate of drug-likeness (QED) is 0.281. The topological polar surface area (TPSA) is 152 Å². The van der Waals surface area contributed by atoms with Gasteiger partial charge in [0.25, 0.3) is 0 Å². The molecule has 0 N–H and O–H groups in total. The maximum atomic E-state index is 8.49. The van der Waals surface area contributed by atoms with Gasteiger partial charge in [0.15, 0.2) is 0 Å². The van der Waals surface area contributed by atoms with Crippen LogP contribution in [0.2, 0.25) is 0 Å². The second kappa shape index (κ2) is 29.8. The van der Waals surface area contributed by atoms with E-state index in [1.807, 2.05) is 36.4 Å². The molecule has 0 spiro atoms. The zero-order valence-corrected chi connectivity index (χ0v) is 10.5. The number of halogens is 1. The molecule has 0 amide bonds. The van der Waals surface area contributed by atoms with E-state index in [4.69, 9.17) is 32.6 Å². The van der Waals surface area contributed by atoms with Crippen LogP contribution in [0.1, 0.15) is 0 Å². The van der Waals surface area contributed by atoms with Crippen LogP contribution in [0.25, 0.3) is 0 Å². The van der Waals surface area contributed by atoms with E-state index in [-0.39, 0.29) is 17.1 Å². The minimum absolute atomic E-state index is 0. The van der Waals surface area contributed by atoms with Crippen molar-refractivity contribution in [3.8, 4) is 0 Å². The molecule has 1 rings (SSSR count). The zero-order chi connectivity index (χ0) is 14.7. The third-order valence-corrected chi connectivity index (χ3v) is 0.667. The van der Waals surface area contributed by atoms with Crippen molar-refractivity contribution in [1.29, 1.82) is 0 Å². The molecule has 0 aliphatic rings. The molecule has 0 atom stereocenters. The minimum Gasteiger partial charge on any atom is -0.222 e. The predicted molar refractivity (Wildman–Crippen MR) is 38.2 cm³/mol. The van der Waals surface area contributed by atoms with Gasteiger partial charge in [0.05, 0.1) is 0 Å². The molecule has 1 aromatic carbocycles. The van der Waals surface area contributed by atoms with Crippen LogP contribution in [0, 0.1) is 30.2 Å². The summed E-state index contributed by atoms with van der Waals surface area (Å²) < 4.78 is 56.5. The summed E-state index contributed by atoms with van der Waals surface area (Å²) in [4.78, 5) is 0. The van der Waals surface area contributed by atoms with Crippen molar-refractivity contribution in [3.05, 3.63) is 56.3 Å². The maximum absolute atomic E-state index is 8.49. The fraction of sp³-hybridized carbons (Fsp3) is 0. The van der Waals surface area contributed by atoms with Crippen molar-refractivity contribution in [2.45, 2.75) is 0 Å². The van der Waals surface area contributed by atoms with E-state index in [2.05, 4.69) is 20.0 Å². The van der Waals surface area contributed by atoms with Gasteiger partial charge in [0, 0.05) is 17.1 Å². The summed E-state index contributed by atoms with van der Waals surface area (Å²) >= 11 is 0. The Morgan fingerprint density at radius 3 is 0.667 bits per heavy atom. The van der Waals surface area contributed by atoms with Gasteiger partial charge in [0.2, 0.25) is 0 Å². The third kappa shape index (κ3) is 116. The molecule has 0 saturated carbocycles. The van der Waals surface area contributed by atoms with Crippen LogP contribution in [-0.4, -0.2) is 0 Å². The summed E-state index contributed by atoms with van der Waals surface area (Å²) in [5.41, 5.74) is 0. The van der Waals surface area contributed by atoms with E-state index in [0.717, 1.165) is 0 Å². The molecule has 0 bridgehead atoms. The number of rotatable bonds is 0. The molecule has 0 aromatic heterocycles. The number of benzene rings is 1. The molecule has 18 heavy (non-hydrogen) atoms. The van der Waals surface area contributed by atoms with E-state index in [1.54, 1.807) is 0 Å². The molecule has 1 radical (unpaired) electrons. The average molecular weight is 317 g/mol. The fourth-order valence-corrected chi connectivity index (χ4v) is 0.385. The molecule has 99 valence electrons. The van der Waals surface area contributed by atoms with Crippen molar-refractivity contribution < 1.29 is 59.9 Å². The summed E-state index contributed by atoms with van der Waals surface area (Å²) in [7, 11) is -4.94. The van der Waals surface area contributed by atoms with Gasteiger partial charge in [-0.15, -0.1) is 10.2 Å². The number of hydrogen-bond acceptors (Lipinski definition) is 4. The Hall–Kier alpha value is -0.911. The predicted octanol–water partition coefficient (Wildman–Crippen LogP) is -3.18. The first kappa shape index (κ1) is 30.3. The SMILES string of the molecule is [C-]#[O+].[C-]#[O+].[C-]#[O+].[Mn].[O-][Cl+3]([O-])([O-])[O-].c1ccccc1. The van der Waals surface area contributed by atoms with Gasteiger partial charge < -0.3 is 0 Å². The van der Waals surface area contributed by atoms with Gasteiger partial charge in [-0.05, 0) is 0 Å². The first-order chi connectivity index (χ1) is 8.00. The first-order valence-electron chi connectivity index (χ1n) is 3.23. The van der Waals surface area contributed by atoms with Crippen molar-refractivity contribution in [2.75, 3.05) is 0 Å². The summed E-state index contributed by atoms with van der Waals surface area (Å²) in [5.74, 6) is 0. The monoisotopic (exact) mass is 316 g/mol. The van der Waals surface area contributed by atoms with Crippen molar-refractivity contribution in [1.82, 2.24) is 0 Å². The van der Waals surface area contributed by atoms with Crippen LogP contribution in [-0.2, 0) is 31.0 Å². The van der Waals surface area contributed by atoms with E-state index in [9.17, 15) is 0 Å². The minimum atomic E-state index is -4.94. The molecule has 0 saturated heterocycles. The van der Waals surface area contributed by atoms with E-state index in [0.29, 0.717) is 0 Å². The van der Waals surface area contributed by atoms with Crippen LogP contribution in [0.3, 0.4) is 0 Å². The Morgan fingerprint density at radius 2 is 0.611 bits per heavy atom. The van der Waals surface area contributed by atoms with Gasteiger partial charge in [-0.1, -0.05) is 36.4 Å². The van der Waals surface area contributed by atoms with Gasteiger partial charge in [-0.25, -0.2) is 18.6 Å². The smallest absolute Gasteiger partial charge is 0 e. The Kier molecular flexibility index (Phi) is 50.1. The van der Waals surface area contributed by atoms with Crippen molar-refractivity contribution in [2.24, 2.45) is 0 Å². The van der Waals surface area contributed by atoms with Crippen LogP contribution >= 0.6 is 0 Å². The van der Waals surface area contributed by atoms with Crippen LogP contribution in [0.15, 0.2) is 36.4 Å². The molecular weight excluding hydrogens is 310 g/mol. The number of hydrogen-bond donors (Lipinski definition) is 0. The third-order valence-electron chi connectivity index (χ3n) is 0.667. The molecule has 0 unspecified atom stereocenters. The largest absolute Gasteiger partial charge is 0.222 e. The van der Waals surface area contributed by atoms with Crippen molar-refractivity contribution in [3.63, 3.8) is 0 Å². The van der Waals surface area contributed by atoms with Gasteiger partial charge >= 0.3 is 33.9 Å². The average Bonchev–Trinajstić information content (AvgIpc) is 2.37. The van der Waals surface area contributed by atoms with Crippen molar-refractivity contribution >= 4 is 0 Å².